The van der Waals surface area contributed by atoms with E-state index in [4.69, 9.17) is 5.11 Å². The predicted molar refractivity (Wildman–Crippen MR) is 76.6 cm³/mol. The van der Waals surface area contributed by atoms with Crippen LogP contribution in [0.2, 0.25) is 0 Å². The van der Waals surface area contributed by atoms with Gasteiger partial charge in [0, 0.05) is 24.6 Å². The van der Waals surface area contributed by atoms with E-state index in [2.05, 4.69) is 10.6 Å². The summed E-state index contributed by atoms with van der Waals surface area (Å²) in [6.45, 7) is 1.90. The number of amides is 1. The van der Waals surface area contributed by atoms with Crippen molar-refractivity contribution in [3.05, 3.63) is 29.8 Å². The molecule has 1 aromatic carbocycles. The standard InChI is InChI=1S/C15H20N2O3/c1-10(5-4-8-14(18)19)16-15(20)13-9-11-6-2-3-7-12(11)17-13/h2-3,6-7,10,13,17H,4-5,8-9H2,1H3,(H,16,20)(H,18,19)/t10?,13-/m0/s1. The number of nitrogens with one attached hydrogen (secondary N) is 2. The molecule has 1 heterocycles. The first kappa shape index (κ1) is 14.4. The Hall–Kier alpha value is -2.04. The molecule has 108 valence electrons. The van der Waals surface area contributed by atoms with Gasteiger partial charge in [-0.25, -0.2) is 0 Å². The summed E-state index contributed by atoms with van der Waals surface area (Å²) >= 11 is 0. The third-order valence-electron chi connectivity index (χ3n) is 3.50. The summed E-state index contributed by atoms with van der Waals surface area (Å²) in [4.78, 5) is 22.6. The van der Waals surface area contributed by atoms with Gasteiger partial charge in [0.05, 0.1) is 0 Å². The Balaban J connectivity index is 1.77. The Bertz CT molecular complexity index is 477. The highest BCUT2D eigenvalue weighted by molar-refractivity contribution is 5.87. The van der Waals surface area contributed by atoms with Crippen molar-refractivity contribution in [2.45, 2.75) is 44.7 Å². The molecule has 1 unspecified atom stereocenters. The fourth-order valence-electron chi connectivity index (χ4n) is 2.43. The first-order chi connectivity index (χ1) is 9.56. The smallest absolute Gasteiger partial charge is 0.303 e. The summed E-state index contributed by atoms with van der Waals surface area (Å²) in [5.41, 5.74) is 2.18. The lowest BCUT2D eigenvalue weighted by Gasteiger charge is -2.17. The Kier molecular flexibility index (Phi) is 4.61. The zero-order chi connectivity index (χ0) is 14.5. The topological polar surface area (TPSA) is 78.4 Å². The van der Waals surface area contributed by atoms with E-state index in [-0.39, 0.29) is 24.4 Å². The molecule has 0 aromatic heterocycles. The quantitative estimate of drug-likeness (QED) is 0.740. The second-order valence-electron chi connectivity index (χ2n) is 5.25. The van der Waals surface area contributed by atoms with Gasteiger partial charge < -0.3 is 15.7 Å². The zero-order valence-electron chi connectivity index (χ0n) is 11.6. The molecule has 0 bridgehead atoms. The molecular formula is C15H20N2O3. The summed E-state index contributed by atoms with van der Waals surface area (Å²) in [5.74, 6) is -0.819. The number of carbonyl (C=O) groups is 2. The van der Waals surface area contributed by atoms with E-state index in [0.29, 0.717) is 19.3 Å². The predicted octanol–water partition coefficient (Wildman–Crippen LogP) is 1.78. The maximum atomic E-state index is 12.1. The van der Waals surface area contributed by atoms with Crippen LogP contribution in [0.5, 0.6) is 0 Å². The number of carboxylic acid groups (broad SMARTS) is 1. The Labute approximate surface area is 118 Å². The van der Waals surface area contributed by atoms with Crippen LogP contribution >= 0.6 is 0 Å². The number of carbonyl (C=O) groups excluding carboxylic acids is 1. The lowest BCUT2D eigenvalue weighted by atomic mass is 10.1. The third-order valence-corrected chi connectivity index (χ3v) is 3.50. The van der Waals surface area contributed by atoms with Crippen molar-refractivity contribution < 1.29 is 14.7 Å². The Morgan fingerprint density at radius 2 is 2.20 bits per heavy atom. The molecule has 1 amide bonds. The molecule has 5 nitrogen and oxygen atoms in total. The van der Waals surface area contributed by atoms with Crippen LogP contribution in [0.4, 0.5) is 5.69 Å². The van der Waals surface area contributed by atoms with E-state index in [9.17, 15) is 9.59 Å². The first-order valence-electron chi connectivity index (χ1n) is 6.93. The van der Waals surface area contributed by atoms with Crippen LogP contribution in [0.25, 0.3) is 0 Å². The van der Waals surface area contributed by atoms with E-state index in [1.165, 1.54) is 0 Å². The summed E-state index contributed by atoms with van der Waals surface area (Å²) in [6, 6.07) is 7.67. The highest BCUT2D eigenvalue weighted by atomic mass is 16.4. The van der Waals surface area contributed by atoms with Crippen molar-refractivity contribution in [2.75, 3.05) is 5.32 Å². The van der Waals surface area contributed by atoms with Crippen LogP contribution in [0.15, 0.2) is 24.3 Å². The summed E-state index contributed by atoms with van der Waals surface area (Å²) < 4.78 is 0. The number of carboxylic acids is 1. The molecule has 5 heteroatoms. The van der Waals surface area contributed by atoms with Crippen LogP contribution in [-0.4, -0.2) is 29.1 Å². The molecule has 0 aliphatic carbocycles. The Morgan fingerprint density at radius 3 is 2.90 bits per heavy atom. The van der Waals surface area contributed by atoms with Crippen LogP contribution in [-0.2, 0) is 16.0 Å². The van der Waals surface area contributed by atoms with Crippen molar-refractivity contribution in [3.8, 4) is 0 Å². The van der Waals surface area contributed by atoms with Crippen molar-refractivity contribution in [1.82, 2.24) is 5.32 Å². The molecule has 3 N–H and O–H groups in total. The first-order valence-corrected chi connectivity index (χ1v) is 6.93. The summed E-state index contributed by atoms with van der Waals surface area (Å²) in [6.07, 6.45) is 2.10. The minimum absolute atomic E-state index is 0.00707. The average molecular weight is 276 g/mol. The summed E-state index contributed by atoms with van der Waals surface area (Å²) in [7, 11) is 0. The molecule has 0 saturated carbocycles. The van der Waals surface area contributed by atoms with Crippen molar-refractivity contribution in [1.29, 1.82) is 0 Å². The lowest BCUT2D eigenvalue weighted by Crippen LogP contribution is -2.42. The number of hydrogen-bond acceptors (Lipinski definition) is 3. The second kappa shape index (κ2) is 6.41. The van der Waals surface area contributed by atoms with Gasteiger partial charge in [-0.05, 0) is 31.4 Å². The van der Waals surface area contributed by atoms with Gasteiger partial charge >= 0.3 is 5.97 Å². The van der Waals surface area contributed by atoms with Crippen LogP contribution in [0.3, 0.4) is 0 Å². The van der Waals surface area contributed by atoms with Gasteiger partial charge in [-0.15, -0.1) is 0 Å². The van der Waals surface area contributed by atoms with Gasteiger partial charge in [-0.1, -0.05) is 18.2 Å². The molecule has 20 heavy (non-hydrogen) atoms. The number of benzene rings is 1. The van der Waals surface area contributed by atoms with Gasteiger partial charge in [-0.3, -0.25) is 9.59 Å². The SMILES string of the molecule is CC(CCCC(=O)O)NC(=O)[C@@H]1Cc2ccccc2N1. The van der Waals surface area contributed by atoms with Crippen molar-refractivity contribution >= 4 is 17.6 Å². The van der Waals surface area contributed by atoms with E-state index >= 15 is 0 Å². The van der Waals surface area contributed by atoms with Crippen LogP contribution in [0.1, 0.15) is 31.7 Å². The third kappa shape index (κ3) is 3.73. The second-order valence-corrected chi connectivity index (χ2v) is 5.25. The molecule has 0 fully saturated rings. The maximum absolute atomic E-state index is 12.1. The minimum Gasteiger partial charge on any atom is -0.481 e. The average Bonchev–Trinajstić information content (AvgIpc) is 2.82. The molecule has 0 saturated heterocycles. The molecule has 2 atom stereocenters. The number of anilines is 1. The molecule has 1 aliphatic heterocycles. The Morgan fingerprint density at radius 1 is 1.45 bits per heavy atom. The molecular weight excluding hydrogens is 256 g/mol. The largest absolute Gasteiger partial charge is 0.481 e. The number of fused-ring (bicyclic) bond motifs is 1. The van der Waals surface area contributed by atoms with Gasteiger partial charge in [0.25, 0.3) is 0 Å². The fraction of sp³-hybridized carbons (Fsp3) is 0.467. The monoisotopic (exact) mass is 276 g/mol. The molecule has 0 spiro atoms. The van der Waals surface area contributed by atoms with Gasteiger partial charge in [-0.2, -0.15) is 0 Å². The lowest BCUT2D eigenvalue weighted by molar-refractivity contribution is -0.137. The highest BCUT2D eigenvalue weighted by Crippen LogP contribution is 2.25. The normalized spacial score (nSPS) is 17.9. The van der Waals surface area contributed by atoms with Crippen molar-refractivity contribution in [3.63, 3.8) is 0 Å². The number of rotatable bonds is 6. The van der Waals surface area contributed by atoms with E-state index in [1.807, 2.05) is 31.2 Å². The van der Waals surface area contributed by atoms with Gasteiger partial charge in [0.15, 0.2) is 0 Å². The molecule has 1 aliphatic rings. The van der Waals surface area contributed by atoms with E-state index in [1.54, 1.807) is 0 Å². The molecule has 1 aromatic rings. The van der Waals surface area contributed by atoms with Crippen molar-refractivity contribution in [2.24, 2.45) is 0 Å². The minimum atomic E-state index is -0.795. The number of hydrogen-bond donors (Lipinski definition) is 3. The molecule has 0 radical (unpaired) electrons. The van der Waals surface area contributed by atoms with Gasteiger partial charge in [0.1, 0.15) is 6.04 Å². The van der Waals surface area contributed by atoms with Crippen LogP contribution in [0, 0.1) is 0 Å². The van der Waals surface area contributed by atoms with E-state index < -0.39 is 5.97 Å². The highest BCUT2D eigenvalue weighted by Gasteiger charge is 2.26. The fourth-order valence-corrected chi connectivity index (χ4v) is 2.43. The van der Waals surface area contributed by atoms with Gasteiger partial charge in [0.2, 0.25) is 5.91 Å². The number of aliphatic carboxylic acids is 1. The summed E-state index contributed by atoms with van der Waals surface area (Å²) in [5, 5.41) is 14.7. The van der Waals surface area contributed by atoms with E-state index in [0.717, 1.165) is 11.3 Å². The van der Waals surface area contributed by atoms with Crippen LogP contribution < -0.4 is 10.6 Å². The zero-order valence-corrected chi connectivity index (χ0v) is 11.6. The maximum Gasteiger partial charge on any atom is 0.303 e. The number of para-hydroxylation sites is 1. The molecule has 2 rings (SSSR count).